The zero-order valence-electron chi connectivity index (χ0n) is 6.85. The highest BCUT2D eigenvalue weighted by molar-refractivity contribution is 4.73. The van der Waals surface area contributed by atoms with E-state index in [0.717, 1.165) is 17.8 Å². The summed E-state index contributed by atoms with van der Waals surface area (Å²) in [5, 5.41) is 0. The quantitative estimate of drug-likeness (QED) is 0.468. The van der Waals surface area contributed by atoms with Gasteiger partial charge in [-0.1, -0.05) is 40.0 Å². The molecule has 1 rings (SSSR count). The summed E-state index contributed by atoms with van der Waals surface area (Å²) in [5.74, 6) is 2.93. The average molecular weight is 126 g/mol. The lowest BCUT2D eigenvalue weighted by Crippen LogP contribution is -2.21. The largest absolute Gasteiger partial charge is 0.0622 e. The lowest BCUT2D eigenvalue weighted by Gasteiger charge is -2.31. The lowest BCUT2D eigenvalue weighted by atomic mass is 9.75. The van der Waals surface area contributed by atoms with E-state index in [1.165, 1.54) is 19.3 Å². The van der Waals surface area contributed by atoms with Gasteiger partial charge in [0.15, 0.2) is 0 Å². The third-order valence-electron chi connectivity index (χ3n) is 3.11. The van der Waals surface area contributed by atoms with Gasteiger partial charge in [-0.25, -0.2) is 0 Å². The Morgan fingerprint density at radius 2 is 1.33 bits per heavy atom. The predicted octanol–water partition coefficient (Wildman–Crippen LogP) is 3.08. The molecule has 3 atom stereocenters. The van der Waals surface area contributed by atoms with Gasteiger partial charge in [0.25, 0.3) is 0 Å². The Morgan fingerprint density at radius 1 is 0.889 bits per heavy atom. The molecule has 0 saturated heterocycles. The monoisotopic (exact) mass is 126 g/mol. The van der Waals surface area contributed by atoms with E-state index in [-0.39, 0.29) is 0 Å². The first kappa shape index (κ1) is 7.11. The second-order valence-corrected chi connectivity index (χ2v) is 3.74. The zero-order valence-corrected chi connectivity index (χ0v) is 6.85. The fourth-order valence-corrected chi connectivity index (χ4v) is 1.85. The molecule has 0 heteroatoms. The second-order valence-electron chi connectivity index (χ2n) is 3.74. The number of hydrogen-bond acceptors (Lipinski definition) is 0. The molecule has 9 heavy (non-hydrogen) atoms. The minimum atomic E-state index is 0.971. The lowest BCUT2D eigenvalue weighted by molar-refractivity contribution is 0.197. The minimum absolute atomic E-state index is 0.971. The van der Waals surface area contributed by atoms with Crippen LogP contribution in [0.3, 0.4) is 0 Å². The first-order chi connectivity index (χ1) is 4.22. The fraction of sp³-hybridized carbons (Fsp3) is 1.00. The van der Waals surface area contributed by atoms with Crippen molar-refractivity contribution in [3.63, 3.8) is 0 Å². The van der Waals surface area contributed by atoms with Gasteiger partial charge >= 0.3 is 0 Å². The predicted molar refractivity (Wildman–Crippen MR) is 41.3 cm³/mol. The van der Waals surface area contributed by atoms with E-state index in [1.54, 1.807) is 0 Å². The number of hydrogen-bond donors (Lipinski definition) is 0. The van der Waals surface area contributed by atoms with Crippen molar-refractivity contribution in [2.24, 2.45) is 17.8 Å². The van der Waals surface area contributed by atoms with Crippen molar-refractivity contribution in [1.29, 1.82) is 0 Å². The summed E-state index contributed by atoms with van der Waals surface area (Å²) in [4.78, 5) is 0. The third kappa shape index (κ3) is 1.47. The van der Waals surface area contributed by atoms with E-state index in [4.69, 9.17) is 0 Å². The van der Waals surface area contributed by atoms with Crippen molar-refractivity contribution in [3.05, 3.63) is 0 Å². The molecule has 54 valence electrons. The van der Waals surface area contributed by atoms with Crippen molar-refractivity contribution in [3.8, 4) is 0 Å². The Kier molecular flexibility index (Phi) is 2.15. The van der Waals surface area contributed by atoms with Gasteiger partial charge in [0, 0.05) is 0 Å². The Balaban J connectivity index is 2.41. The molecule has 1 saturated carbocycles. The van der Waals surface area contributed by atoms with Crippen LogP contribution >= 0.6 is 0 Å². The molecule has 0 radical (unpaired) electrons. The van der Waals surface area contributed by atoms with E-state index in [0.29, 0.717) is 0 Å². The van der Waals surface area contributed by atoms with Crippen molar-refractivity contribution in [2.45, 2.75) is 40.0 Å². The molecule has 1 aliphatic rings. The average Bonchev–Trinajstić information content (AvgIpc) is 1.83. The van der Waals surface area contributed by atoms with Gasteiger partial charge in [-0.3, -0.25) is 0 Å². The van der Waals surface area contributed by atoms with Crippen molar-refractivity contribution < 1.29 is 0 Å². The highest BCUT2D eigenvalue weighted by Crippen LogP contribution is 2.33. The van der Waals surface area contributed by atoms with Gasteiger partial charge in [-0.2, -0.15) is 0 Å². The molecule has 0 spiro atoms. The molecule has 0 aromatic carbocycles. The van der Waals surface area contributed by atoms with Crippen LogP contribution in [-0.2, 0) is 0 Å². The molecular formula is C9H18. The topological polar surface area (TPSA) is 0 Å². The van der Waals surface area contributed by atoms with Crippen LogP contribution in [-0.4, -0.2) is 0 Å². The van der Waals surface area contributed by atoms with Crippen LogP contribution in [0.1, 0.15) is 40.0 Å². The standard InChI is InChI=1S/C9H18/c1-7-5-4-6-8(2)9(7)3/h7-9H,4-6H2,1-3H3/t7-,8+,9-. The van der Waals surface area contributed by atoms with Crippen LogP contribution < -0.4 is 0 Å². The van der Waals surface area contributed by atoms with Gasteiger partial charge in [-0.05, 0) is 17.8 Å². The molecule has 0 aliphatic heterocycles. The van der Waals surface area contributed by atoms with Crippen LogP contribution in [0.25, 0.3) is 0 Å². The Morgan fingerprint density at radius 3 is 1.67 bits per heavy atom. The summed E-state index contributed by atoms with van der Waals surface area (Å²) in [7, 11) is 0. The Labute approximate surface area is 58.7 Å². The highest BCUT2D eigenvalue weighted by Gasteiger charge is 2.22. The van der Waals surface area contributed by atoms with E-state index in [1.807, 2.05) is 0 Å². The van der Waals surface area contributed by atoms with Gasteiger partial charge in [-0.15, -0.1) is 0 Å². The van der Waals surface area contributed by atoms with E-state index in [9.17, 15) is 0 Å². The molecule has 0 N–H and O–H groups in total. The van der Waals surface area contributed by atoms with Gasteiger partial charge in [0.05, 0.1) is 0 Å². The molecule has 0 heterocycles. The van der Waals surface area contributed by atoms with Gasteiger partial charge < -0.3 is 0 Å². The van der Waals surface area contributed by atoms with Crippen LogP contribution in [0.4, 0.5) is 0 Å². The maximum atomic E-state index is 2.40. The van der Waals surface area contributed by atoms with Crippen LogP contribution in [0.2, 0.25) is 0 Å². The van der Waals surface area contributed by atoms with E-state index in [2.05, 4.69) is 20.8 Å². The van der Waals surface area contributed by atoms with Crippen LogP contribution in [0, 0.1) is 17.8 Å². The molecule has 0 bridgehead atoms. The summed E-state index contributed by atoms with van der Waals surface area (Å²) >= 11 is 0. The smallest absolute Gasteiger partial charge is 0.0391 e. The molecule has 0 aromatic heterocycles. The van der Waals surface area contributed by atoms with Gasteiger partial charge in [0.1, 0.15) is 0 Å². The van der Waals surface area contributed by atoms with Crippen LogP contribution in [0.5, 0.6) is 0 Å². The summed E-state index contributed by atoms with van der Waals surface area (Å²) in [6.07, 6.45) is 4.39. The highest BCUT2D eigenvalue weighted by atomic mass is 14.3. The summed E-state index contributed by atoms with van der Waals surface area (Å²) in [5.41, 5.74) is 0. The SMILES string of the molecule is C[C@@H]1[C@H](C)CCC[C@@H]1C. The summed E-state index contributed by atoms with van der Waals surface area (Å²) in [6.45, 7) is 7.18. The first-order valence-electron chi connectivity index (χ1n) is 4.22. The van der Waals surface area contributed by atoms with Crippen molar-refractivity contribution in [2.75, 3.05) is 0 Å². The maximum Gasteiger partial charge on any atom is -0.0391 e. The van der Waals surface area contributed by atoms with E-state index >= 15 is 0 Å². The maximum absolute atomic E-state index is 2.40. The Hall–Kier alpha value is 0. The first-order valence-corrected chi connectivity index (χ1v) is 4.22. The Bertz CT molecular complexity index is 76.0. The second kappa shape index (κ2) is 2.72. The minimum Gasteiger partial charge on any atom is -0.0622 e. The van der Waals surface area contributed by atoms with Crippen molar-refractivity contribution in [1.82, 2.24) is 0 Å². The molecule has 1 fully saturated rings. The summed E-state index contributed by atoms with van der Waals surface area (Å²) < 4.78 is 0. The molecule has 1 aliphatic carbocycles. The molecule has 0 unspecified atom stereocenters. The number of rotatable bonds is 0. The van der Waals surface area contributed by atoms with Gasteiger partial charge in [0.2, 0.25) is 0 Å². The third-order valence-corrected chi connectivity index (χ3v) is 3.11. The van der Waals surface area contributed by atoms with E-state index < -0.39 is 0 Å². The van der Waals surface area contributed by atoms with Crippen LogP contribution in [0.15, 0.2) is 0 Å². The molecular weight excluding hydrogens is 108 g/mol. The van der Waals surface area contributed by atoms with Crippen molar-refractivity contribution >= 4 is 0 Å². The fourth-order valence-electron chi connectivity index (χ4n) is 1.85. The summed E-state index contributed by atoms with van der Waals surface area (Å²) in [6, 6.07) is 0. The molecule has 0 amide bonds. The zero-order chi connectivity index (χ0) is 6.85. The normalized spacial score (nSPS) is 45.0. The molecule has 0 aromatic rings. The molecule has 0 nitrogen and oxygen atoms in total.